The number of carbonyl (C=O) groups excluding carboxylic acids is 2. The highest BCUT2D eigenvalue weighted by molar-refractivity contribution is 9.10. The molecule has 1 atom stereocenters. The third-order valence-electron chi connectivity index (χ3n) is 5.87. The number of carboxylic acids is 2. The summed E-state index contributed by atoms with van der Waals surface area (Å²) in [5, 5.41) is 22.8. The molecule has 0 heterocycles. The second-order valence-electron chi connectivity index (χ2n) is 10.1. The van der Waals surface area contributed by atoms with Gasteiger partial charge in [-0.25, -0.2) is 14.4 Å². The zero-order chi connectivity index (χ0) is 28.5. The van der Waals surface area contributed by atoms with Crippen molar-refractivity contribution in [2.45, 2.75) is 45.6 Å². The van der Waals surface area contributed by atoms with Gasteiger partial charge in [0.25, 0.3) is 0 Å². The Balaban J connectivity index is 2.32. The van der Waals surface area contributed by atoms with E-state index in [2.05, 4.69) is 21.2 Å². The van der Waals surface area contributed by atoms with Gasteiger partial charge in [-0.2, -0.15) is 0 Å². The first kappa shape index (κ1) is 30.6. The van der Waals surface area contributed by atoms with Crippen LogP contribution >= 0.6 is 15.9 Å². The summed E-state index contributed by atoms with van der Waals surface area (Å²) in [6.07, 6.45) is 0.100. The molecule has 2 aromatic rings. The molecular formula is C28H33BrN2O7. The minimum atomic E-state index is -1.39. The van der Waals surface area contributed by atoms with E-state index in [1.54, 1.807) is 45.9 Å². The van der Waals surface area contributed by atoms with E-state index in [1.165, 1.54) is 23.1 Å². The molecule has 0 saturated heterocycles. The molecule has 0 aliphatic rings. The summed E-state index contributed by atoms with van der Waals surface area (Å²) in [6.45, 7) is 5.36. The van der Waals surface area contributed by atoms with E-state index in [0.717, 1.165) is 10.0 Å². The first-order valence-electron chi connectivity index (χ1n) is 12.0. The molecule has 0 radical (unpaired) electrons. The molecule has 2 rings (SSSR count). The minimum absolute atomic E-state index is 0.106. The Hall–Kier alpha value is -3.62. The largest absolute Gasteiger partial charge is 0.481 e. The summed E-state index contributed by atoms with van der Waals surface area (Å²) in [6, 6.07) is 13.2. The van der Waals surface area contributed by atoms with Gasteiger partial charge in [-0.15, -0.1) is 0 Å². The van der Waals surface area contributed by atoms with Gasteiger partial charge in [0.1, 0.15) is 11.3 Å². The van der Waals surface area contributed by atoms with E-state index in [1.807, 2.05) is 18.2 Å². The van der Waals surface area contributed by atoms with Crippen molar-refractivity contribution < 1.29 is 34.1 Å². The Bertz CT molecular complexity index is 1220. The number of hydrogen-bond acceptors (Lipinski definition) is 6. The molecule has 0 fully saturated rings. The molecule has 0 aliphatic carbocycles. The van der Waals surface area contributed by atoms with E-state index in [-0.39, 0.29) is 42.8 Å². The number of nitrogens with one attached hydrogen (secondary N) is 1. The molecule has 3 N–H and O–H groups in total. The number of ether oxygens (including phenoxy) is 1. The molecule has 0 saturated carbocycles. The van der Waals surface area contributed by atoms with E-state index >= 15 is 0 Å². The van der Waals surface area contributed by atoms with Gasteiger partial charge in [-0.3, -0.25) is 4.79 Å². The number of aromatic carboxylic acids is 1. The van der Waals surface area contributed by atoms with Crippen LogP contribution in [0.25, 0.3) is 5.70 Å². The standard InChI is InChI=1S/C28H33BrN2O7/c1-27(2,3)38-26(37)31(4)14-8-13-28(25(35)36,16-19-9-7-10-20(29)15-19)18-30-23(17-32)21-11-5-6-12-22(21)24(33)34/h5-7,9-12,15,30H,8,13-14,16,18H2,1-4H3,(H,33,34)(H,35,36). The number of hydrogen-bond donors (Lipinski definition) is 3. The van der Waals surface area contributed by atoms with Gasteiger partial charge in [-0.1, -0.05) is 46.3 Å². The van der Waals surface area contributed by atoms with Crippen molar-refractivity contribution in [3.05, 3.63) is 69.7 Å². The van der Waals surface area contributed by atoms with Gasteiger partial charge in [0.05, 0.1) is 11.0 Å². The molecule has 1 amide bonds. The average Bonchev–Trinajstić information content (AvgIpc) is 2.83. The Kier molecular flexibility index (Phi) is 10.7. The fraction of sp³-hybridized carbons (Fsp3) is 0.393. The number of aliphatic carboxylic acids is 1. The SMILES string of the molecule is CN(CCCC(CNC(=C=O)c1ccccc1C(=O)O)(Cc1cccc(Br)c1)C(=O)O)C(=O)OC(C)(C)C. The third kappa shape index (κ3) is 8.75. The highest BCUT2D eigenvalue weighted by Crippen LogP contribution is 2.31. The van der Waals surface area contributed by atoms with Crippen molar-refractivity contribution in [2.24, 2.45) is 5.41 Å². The quantitative estimate of drug-likeness (QED) is 0.299. The predicted molar refractivity (Wildman–Crippen MR) is 147 cm³/mol. The molecule has 204 valence electrons. The van der Waals surface area contributed by atoms with Crippen LogP contribution in [0.15, 0.2) is 53.0 Å². The fourth-order valence-corrected chi connectivity index (χ4v) is 4.40. The Morgan fingerprint density at radius 2 is 1.71 bits per heavy atom. The zero-order valence-corrected chi connectivity index (χ0v) is 23.5. The second-order valence-corrected chi connectivity index (χ2v) is 11.0. The summed E-state index contributed by atoms with van der Waals surface area (Å²) in [7, 11) is 1.58. The lowest BCUT2D eigenvalue weighted by molar-refractivity contribution is -0.149. The van der Waals surface area contributed by atoms with Crippen LogP contribution in [0.1, 0.15) is 55.1 Å². The van der Waals surface area contributed by atoms with Gasteiger partial charge in [0.15, 0.2) is 5.94 Å². The summed E-state index contributed by atoms with van der Waals surface area (Å²) < 4.78 is 6.16. The highest BCUT2D eigenvalue weighted by atomic mass is 79.9. The lowest BCUT2D eigenvalue weighted by Gasteiger charge is -2.32. The number of carboxylic acid groups (broad SMARTS) is 2. The normalized spacial score (nSPS) is 12.6. The number of benzene rings is 2. The molecule has 9 nitrogen and oxygen atoms in total. The first-order chi connectivity index (χ1) is 17.8. The summed E-state index contributed by atoms with van der Waals surface area (Å²) >= 11 is 3.41. The van der Waals surface area contributed by atoms with Gasteiger partial charge in [-0.05, 0) is 63.8 Å². The second kappa shape index (κ2) is 13.3. The van der Waals surface area contributed by atoms with Gasteiger partial charge in [0.2, 0.25) is 0 Å². The topological polar surface area (TPSA) is 133 Å². The van der Waals surface area contributed by atoms with Crippen molar-refractivity contribution in [2.75, 3.05) is 20.1 Å². The van der Waals surface area contributed by atoms with Crippen LogP contribution in [0, 0.1) is 5.41 Å². The summed E-state index contributed by atoms with van der Waals surface area (Å²) in [5.74, 6) is -0.587. The maximum Gasteiger partial charge on any atom is 0.410 e. The Morgan fingerprint density at radius 3 is 2.26 bits per heavy atom. The number of halogens is 1. The molecule has 2 aromatic carbocycles. The van der Waals surface area contributed by atoms with Crippen LogP contribution in [-0.4, -0.2) is 64.8 Å². The van der Waals surface area contributed by atoms with Crippen molar-refractivity contribution in [3.8, 4) is 0 Å². The van der Waals surface area contributed by atoms with Crippen molar-refractivity contribution in [1.82, 2.24) is 10.2 Å². The van der Waals surface area contributed by atoms with Crippen LogP contribution in [0.2, 0.25) is 0 Å². The van der Waals surface area contributed by atoms with Crippen LogP contribution in [0.5, 0.6) is 0 Å². The van der Waals surface area contributed by atoms with Crippen LogP contribution in [0.3, 0.4) is 0 Å². The average molecular weight is 589 g/mol. The number of rotatable bonds is 12. The van der Waals surface area contributed by atoms with Crippen molar-refractivity contribution >= 4 is 45.6 Å². The lowest BCUT2D eigenvalue weighted by atomic mass is 9.77. The van der Waals surface area contributed by atoms with E-state index in [9.17, 15) is 29.4 Å². The Morgan fingerprint density at radius 1 is 1.05 bits per heavy atom. The maximum absolute atomic E-state index is 12.8. The molecule has 0 aliphatic heterocycles. The van der Waals surface area contributed by atoms with E-state index in [0.29, 0.717) is 6.42 Å². The Labute approximate surface area is 230 Å². The summed E-state index contributed by atoms with van der Waals surface area (Å²) in [4.78, 5) is 50.0. The van der Waals surface area contributed by atoms with E-state index in [4.69, 9.17) is 4.74 Å². The lowest BCUT2D eigenvalue weighted by Crippen LogP contribution is -2.43. The molecule has 0 spiro atoms. The van der Waals surface area contributed by atoms with Crippen LogP contribution in [0.4, 0.5) is 4.79 Å². The molecule has 1 unspecified atom stereocenters. The molecule has 0 bridgehead atoms. The van der Waals surface area contributed by atoms with Crippen LogP contribution < -0.4 is 5.32 Å². The minimum Gasteiger partial charge on any atom is -0.481 e. The summed E-state index contributed by atoms with van der Waals surface area (Å²) in [5.41, 5.74) is -1.44. The predicted octanol–water partition coefficient (Wildman–Crippen LogP) is 4.87. The highest BCUT2D eigenvalue weighted by Gasteiger charge is 2.39. The molecule has 38 heavy (non-hydrogen) atoms. The number of nitrogens with zero attached hydrogens (tertiary/aromatic N) is 1. The number of carbonyl (C=O) groups is 3. The fourth-order valence-electron chi connectivity index (χ4n) is 3.95. The maximum atomic E-state index is 12.8. The molecular weight excluding hydrogens is 556 g/mol. The van der Waals surface area contributed by atoms with Gasteiger partial charge in [0, 0.05) is 30.2 Å². The van der Waals surface area contributed by atoms with Gasteiger partial charge >= 0.3 is 18.0 Å². The number of amides is 1. The monoisotopic (exact) mass is 588 g/mol. The third-order valence-corrected chi connectivity index (χ3v) is 6.36. The molecule has 0 aromatic heterocycles. The first-order valence-corrected chi connectivity index (χ1v) is 12.8. The smallest absolute Gasteiger partial charge is 0.410 e. The zero-order valence-electron chi connectivity index (χ0n) is 21.9. The van der Waals surface area contributed by atoms with Crippen LogP contribution in [-0.2, 0) is 20.7 Å². The van der Waals surface area contributed by atoms with Gasteiger partial charge < -0.3 is 25.2 Å². The van der Waals surface area contributed by atoms with Crippen molar-refractivity contribution in [3.63, 3.8) is 0 Å². The molecule has 10 heteroatoms. The van der Waals surface area contributed by atoms with E-state index < -0.39 is 29.0 Å². The van der Waals surface area contributed by atoms with Crippen molar-refractivity contribution in [1.29, 1.82) is 0 Å².